The molecule has 1 aliphatic carbocycles. The highest BCUT2D eigenvalue weighted by Crippen LogP contribution is 2.46. The zero-order valence-corrected chi connectivity index (χ0v) is 35.1. The van der Waals surface area contributed by atoms with Crippen molar-refractivity contribution < 1.29 is 4.42 Å². The number of amidine groups is 1. The van der Waals surface area contributed by atoms with E-state index in [9.17, 15) is 0 Å². The summed E-state index contributed by atoms with van der Waals surface area (Å²) in [5, 5.41) is 10.7. The largest absolute Gasteiger partial charge is 0.455 e. The number of benzene rings is 8. The van der Waals surface area contributed by atoms with Crippen molar-refractivity contribution in [3.63, 3.8) is 0 Å². The topological polar surface area (TPSA) is 59.8 Å². The number of fused-ring (bicyclic) bond motifs is 10. The molecular weight excluding hydrogens is 783 g/mol. The molecule has 64 heavy (non-hydrogen) atoms. The third-order valence-corrected chi connectivity index (χ3v) is 13.3. The van der Waals surface area contributed by atoms with Crippen LogP contribution in [0.25, 0.3) is 76.8 Å². The van der Waals surface area contributed by atoms with E-state index in [1.165, 1.54) is 38.5 Å². The smallest absolute Gasteiger partial charge is 0.211 e. The molecule has 2 aliphatic rings. The van der Waals surface area contributed by atoms with Gasteiger partial charge in [-0.1, -0.05) is 164 Å². The molecule has 0 spiro atoms. The lowest BCUT2D eigenvalue weighted by Gasteiger charge is -2.31. The number of aromatic nitrogens is 2. The van der Waals surface area contributed by atoms with Crippen molar-refractivity contribution in [2.45, 2.75) is 24.9 Å². The lowest BCUT2D eigenvalue weighted by atomic mass is 9.85. The Morgan fingerprint density at radius 3 is 2.03 bits per heavy atom. The zero-order valence-electron chi connectivity index (χ0n) is 35.1. The van der Waals surface area contributed by atoms with Gasteiger partial charge in [-0.25, -0.2) is 9.98 Å². The molecular formula is C58H41N5O. The quantitative estimate of drug-likeness (QED) is 0.188. The molecule has 8 aromatic carbocycles. The molecule has 3 aromatic heterocycles. The summed E-state index contributed by atoms with van der Waals surface area (Å²) < 4.78 is 11.6. The molecule has 6 nitrogen and oxygen atoms in total. The number of furan rings is 1. The number of nitrogens with one attached hydrogen (secondary N) is 1. The van der Waals surface area contributed by atoms with Gasteiger partial charge in [-0.2, -0.15) is 0 Å². The number of allylic oxidation sites excluding steroid dienone is 4. The van der Waals surface area contributed by atoms with Crippen LogP contribution in [-0.2, 0) is 5.66 Å². The van der Waals surface area contributed by atoms with Gasteiger partial charge in [0.2, 0.25) is 5.96 Å². The Labute approximate surface area is 369 Å². The van der Waals surface area contributed by atoms with Crippen molar-refractivity contribution in [3.8, 4) is 5.69 Å². The first-order chi connectivity index (χ1) is 31.6. The summed E-state index contributed by atoms with van der Waals surface area (Å²) in [6.45, 7) is 2.10. The highest BCUT2D eigenvalue weighted by molar-refractivity contribution is 6.27. The maximum absolute atomic E-state index is 6.89. The van der Waals surface area contributed by atoms with E-state index in [-0.39, 0.29) is 5.92 Å². The molecule has 2 unspecified atom stereocenters. The van der Waals surface area contributed by atoms with Gasteiger partial charge in [-0.15, -0.1) is 0 Å². The molecule has 304 valence electrons. The van der Waals surface area contributed by atoms with Crippen LogP contribution in [0.15, 0.2) is 221 Å². The van der Waals surface area contributed by atoms with Gasteiger partial charge < -0.3 is 14.3 Å². The third kappa shape index (κ3) is 5.59. The highest BCUT2D eigenvalue weighted by Gasteiger charge is 2.34. The molecule has 0 fully saturated rings. The molecule has 0 saturated carbocycles. The molecule has 0 bridgehead atoms. The van der Waals surface area contributed by atoms with Crippen molar-refractivity contribution in [3.05, 3.63) is 229 Å². The van der Waals surface area contributed by atoms with E-state index in [1.54, 1.807) is 0 Å². The lowest BCUT2D eigenvalue weighted by molar-refractivity contribution is 0.514. The average molecular weight is 824 g/mol. The van der Waals surface area contributed by atoms with Gasteiger partial charge in [0, 0.05) is 49.7 Å². The number of nitrogens with zero attached hydrogens (tertiary/aromatic N) is 4. The first-order valence-corrected chi connectivity index (χ1v) is 22.0. The van der Waals surface area contributed by atoms with Crippen molar-refractivity contribution in [2.75, 3.05) is 0 Å². The highest BCUT2D eigenvalue weighted by atomic mass is 16.3. The predicted molar refractivity (Wildman–Crippen MR) is 265 cm³/mol. The molecule has 6 heteroatoms. The molecule has 0 radical (unpaired) electrons. The van der Waals surface area contributed by atoms with Gasteiger partial charge in [0.15, 0.2) is 5.66 Å². The van der Waals surface area contributed by atoms with Crippen LogP contribution < -0.4 is 5.32 Å². The Morgan fingerprint density at radius 1 is 0.578 bits per heavy atom. The molecule has 2 atom stereocenters. The van der Waals surface area contributed by atoms with E-state index in [4.69, 9.17) is 14.4 Å². The predicted octanol–water partition coefficient (Wildman–Crippen LogP) is 14.0. The summed E-state index contributed by atoms with van der Waals surface area (Å²) in [7, 11) is 0. The first kappa shape index (κ1) is 36.4. The van der Waals surface area contributed by atoms with E-state index >= 15 is 0 Å². The fourth-order valence-electron chi connectivity index (χ4n) is 10.3. The van der Waals surface area contributed by atoms with Gasteiger partial charge >= 0.3 is 0 Å². The number of para-hydroxylation sites is 4. The summed E-state index contributed by atoms with van der Waals surface area (Å²) >= 11 is 0. The van der Waals surface area contributed by atoms with Crippen LogP contribution in [0.1, 0.15) is 41.5 Å². The van der Waals surface area contributed by atoms with Crippen LogP contribution >= 0.6 is 0 Å². The monoisotopic (exact) mass is 823 g/mol. The summed E-state index contributed by atoms with van der Waals surface area (Å²) in [4.78, 5) is 10.9. The summed E-state index contributed by atoms with van der Waals surface area (Å²) in [5.74, 6) is 1.50. The van der Waals surface area contributed by atoms with Gasteiger partial charge in [-0.3, -0.25) is 4.57 Å². The van der Waals surface area contributed by atoms with Gasteiger partial charge in [0.25, 0.3) is 0 Å². The van der Waals surface area contributed by atoms with Crippen molar-refractivity contribution in [2.24, 2.45) is 9.98 Å². The van der Waals surface area contributed by atoms with Gasteiger partial charge in [0.1, 0.15) is 17.0 Å². The second kappa shape index (κ2) is 14.2. The Bertz CT molecular complexity index is 3790. The Kier molecular flexibility index (Phi) is 8.06. The van der Waals surface area contributed by atoms with Crippen molar-refractivity contribution >= 4 is 82.9 Å². The lowest BCUT2D eigenvalue weighted by Crippen LogP contribution is -2.43. The number of hydrogen-bond acceptors (Lipinski definition) is 4. The molecule has 1 N–H and O–H groups in total. The van der Waals surface area contributed by atoms with E-state index in [0.717, 1.165) is 72.8 Å². The number of rotatable bonds is 5. The first-order valence-electron chi connectivity index (χ1n) is 22.0. The second-order valence-electron chi connectivity index (χ2n) is 17.1. The summed E-state index contributed by atoms with van der Waals surface area (Å²) in [6.07, 6.45) is 7.96. The Hall–Kier alpha value is -8.22. The molecule has 0 amide bonds. The maximum Gasteiger partial charge on any atom is 0.211 e. The van der Waals surface area contributed by atoms with Crippen LogP contribution in [0.4, 0.5) is 0 Å². The van der Waals surface area contributed by atoms with Crippen molar-refractivity contribution in [1.82, 2.24) is 14.5 Å². The second-order valence-corrected chi connectivity index (χ2v) is 17.1. The van der Waals surface area contributed by atoms with Crippen LogP contribution in [0.2, 0.25) is 0 Å². The minimum atomic E-state index is -0.907. The fourth-order valence-corrected chi connectivity index (χ4v) is 10.3. The van der Waals surface area contributed by atoms with Crippen LogP contribution in [0.5, 0.6) is 0 Å². The fraction of sp³-hybridized carbons (Fsp3) is 0.0690. The van der Waals surface area contributed by atoms with Crippen molar-refractivity contribution in [1.29, 1.82) is 0 Å². The van der Waals surface area contributed by atoms with Crippen LogP contribution in [-0.4, -0.2) is 20.9 Å². The molecule has 4 heterocycles. The van der Waals surface area contributed by atoms with E-state index in [0.29, 0.717) is 5.96 Å². The summed E-state index contributed by atoms with van der Waals surface area (Å²) in [5.41, 5.74) is 12.1. The van der Waals surface area contributed by atoms with E-state index in [2.05, 4.69) is 216 Å². The molecule has 11 aromatic rings. The van der Waals surface area contributed by atoms with Gasteiger partial charge in [0.05, 0.1) is 27.5 Å². The maximum atomic E-state index is 6.89. The zero-order chi connectivity index (χ0) is 42.4. The minimum Gasteiger partial charge on any atom is -0.455 e. The number of aliphatic imine (C=N–C) groups is 2. The SMILES string of the molecule is CC1(c2ccccc2)N=C(c2ccccc2)NC(n2c3ccccc3c3c4oc5ccccc5c4cc(C4C=C(c5ccc6c7ccccc7n(-c7ccccc7)c6c5)C=CC4)c32)=N1. The third-order valence-electron chi connectivity index (χ3n) is 13.3. The molecule has 13 rings (SSSR count). The molecule has 1 aliphatic heterocycles. The van der Waals surface area contributed by atoms with Crippen LogP contribution in [0.3, 0.4) is 0 Å². The molecule has 0 saturated heterocycles. The van der Waals surface area contributed by atoms with Crippen LogP contribution in [0, 0.1) is 0 Å². The van der Waals surface area contributed by atoms with Gasteiger partial charge in [-0.05, 0) is 72.5 Å². The Balaban J connectivity index is 1.06. The summed E-state index contributed by atoms with van der Waals surface area (Å²) in [6, 6.07) is 66.6. The normalized spacial score (nSPS) is 17.6. The minimum absolute atomic E-state index is 0.0336. The Morgan fingerprint density at radius 2 is 1.23 bits per heavy atom. The standard InChI is InChI=1S/C58H41N5O/c1-58(41-22-7-3-8-23-41)60-56(37-18-5-2-6-19-37)59-57(61-58)63-50-30-15-12-28-46(50)53-54(63)47(36-48-45-27-13-16-31-52(45)64-55(48)53)40-21-17-20-38(34-40)39-32-33-44-43-26-11-14-29-49(43)62(51(44)35-39)42-24-9-4-10-25-42/h2-20,22-36,40H,21H2,1H3,(H,59,60,61). The van der Waals surface area contributed by atoms with E-state index in [1.807, 2.05) is 12.1 Å². The average Bonchev–Trinajstić information content (AvgIpc) is 4.02. The van der Waals surface area contributed by atoms with E-state index < -0.39 is 5.66 Å². The number of hydrogen-bond donors (Lipinski definition) is 1.